The van der Waals surface area contributed by atoms with E-state index in [1.807, 2.05) is 70.5 Å². The number of pyridine rings is 2. The largest absolute Gasteiger partial charge is 0.506 e. The van der Waals surface area contributed by atoms with Crippen molar-refractivity contribution in [2.24, 2.45) is 10.2 Å². The monoisotopic (exact) mass is 1110 g/mol. The Morgan fingerprint density at radius 3 is 1.46 bits per heavy atom. The molecule has 0 fully saturated rings. The zero-order chi connectivity index (χ0) is 44.9. The molecule has 6 rings (SSSR count). The first-order valence-electron chi connectivity index (χ1n) is 19.6. The number of nitrogens with zero attached hydrogens (tertiary/aromatic N) is 6. The quantitative estimate of drug-likeness (QED) is 0.0242. The highest BCUT2D eigenvalue weighted by molar-refractivity contribution is 9.11. The number of hydrazone groups is 2. The fourth-order valence-corrected chi connectivity index (χ4v) is 8.91. The maximum Gasteiger partial charge on any atom is 0.259 e. The second kappa shape index (κ2) is 22.8. The van der Waals surface area contributed by atoms with Crippen LogP contribution in [0.15, 0.2) is 113 Å². The average molecular weight is 1110 g/mol. The molecule has 63 heavy (non-hydrogen) atoms. The predicted molar refractivity (Wildman–Crippen MR) is 259 cm³/mol. The minimum atomic E-state index is -0.366. The number of nitrogens with one attached hydrogen (secondary N) is 2. The number of rotatable bonds is 20. The molecule has 0 aliphatic carbocycles. The number of amides is 2. The van der Waals surface area contributed by atoms with Crippen LogP contribution in [-0.2, 0) is 14.3 Å². The number of phenolic OH excluding ortho intramolecular Hbond substituents is 4. The molecular formula is C44H42Br4N8O7. The fraction of sp³-hybridized carbons (Fsp3) is 0.227. The number of hydrogen-bond donors (Lipinski definition) is 6. The molecule has 0 saturated heterocycles. The van der Waals surface area contributed by atoms with Gasteiger partial charge in [-0.3, -0.25) is 19.6 Å². The van der Waals surface area contributed by atoms with Gasteiger partial charge in [0, 0.05) is 72.0 Å². The number of carbonyl (C=O) groups is 2. The van der Waals surface area contributed by atoms with Gasteiger partial charge in [0.25, 0.3) is 11.8 Å². The van der Waals surface area contributed by atoms with Crippen molar-refractivity contribution in [3.8, 4) is 23.0 Å². The zero-order valence-corrected chi connectivity index (χ0v) is 39.9. The summed E-state index contributed by atoms with van der Waals surface area (Å²) < 4.78 is 6.93. The number of ether oxygens (including phenoxy) is 1. The van der Waals surface area contributed by atoms with Crippen LogP contribution >= 0.6 is 63.7 Å². The molecule has 2 amide bonds. The summed E-state index contributed by atoms with van der Waals surface area (Å²) >= 11 is 12.8. The average Bonchev–Trinajstić information content (AvgIpc) is 3.29. The van der Waals surface area contributed by atoms with E-state index in [1.165, 1.54) is 24.6 Å². The Labute approximate surface area is 396 Å². The van der Waals surface area contributed by atoms with Crippen molar-refractivity contribution in [2.45, 2.75) is 25.7 Å². The molecule has 0 aliphatic heterocycles. The summed E-state index contributed by atoms with van der Waals surface area (Å²) in [6.45, 7) is 2.16. The Kier molecular flexibility index (Phi) is 17.1. The van der Waals surface area contributed by atoms with Crippen molar-refractivity contribution in [3.05, 3.63) is 114 Å². The van der Waals surface area contributed by atoms with E-state index in [0.29, 0.717) is 35.2 Å². The number of aromatic hydroxyl groups is 4. The van der Waals surface area contributed by atoms with Gasteiger partial charge in [-0.15, -0.1) is 0 Å². The van der Waals surface area contributed by atoms with Gasteiger partial charge in [-0.05, 0) is 150 Å². The highest BCUT2D eigenvalue weighted by atomic mass is 79.9. The molecule has 328 valence electrons. The molecular weight excluding hydrogens is 1070 g/mol. The number of aromatic nitrogens is 2. The molecule has 0 radical (unpaired) electrons. The summed E-state index contributed by atoms with van der Waals surface area (Å²) in [6.07, 6.45) is 9.01. The lowest BCUT2D eigenvalue weighted by Crippen LogP contribution is -2.36. The second-order valence-corrected chi connectivity index (χ2v) is 17.4. The molecule has 15 nitrogen and oxygen atoms in total. The minimum absolute atomic E-state index is 0.00671. The van der Waals surface area contributed by atoms with Crippen LogP contribution in [0.25, 0.3) is 21.8 Å². The Balaban J connectivity index is 1.01. The third-order valence-electron chi connectivity index (χ3n) is 9.71. The summed E-state index contributed by atoms with van der Waals surface area (Å²) in [5, 5.41) is 50.7. The third kappa shape index (κ3) is 12.4. The fourth-order valence-electron chi connectivity index (χ4n) is 6.61. The lowest BCUT2D eigenvalue weighted by Gasteiger charge is -2.25. The van der Waals surface area contributed by atoms with E-state index in [9.17, 15) is 30.0 Å². The van der Waals surface area contributed by atoms with Crippen molar-refractivity contribution in [2.75, 3.05) is 49.2 Å². The van der Waals surface area contributed by atoms with Crippen LogP contribution in [0.1, 0.15) is 36.8 Å². The van der Waals surface area contributed by atoms with Crippen molar-refractivity contribution in [1.82, 2.24) is 20.8 Å². The van der Waals surface area contributed by atoms with E-state index < -0.39 is 0 Å². The maximum absolute atomic E-state index is 13.2. The Morgan fingerprint density at radius 1 is 0.603 bits per heavy atom. The number of phenols is 4. The van der Waals surface area contributed by atoms with Crippen LogP contribution in [0.3, 0.4) is 0 Å². The van der Waals surface area contributed by atoms with Gasteiger partial charge < -0.3 is 35.0 Å². The number of carbonyl (C=O) groups excluding carboxylic acids is 2. The smallest absolute Gasteiger partial charge is 0.259 e. The maximum atomic E-state index is 13.2. The summed E-state index contributed by atoms with van der Waals surface area (Å²) in [6, 6.07) is 22.2. The SMILES string of the molecule is O=C(CN(CCCCOCCCCN(CC(=O)N/N=C\c1cc(Br)c(O)c(Br)c1O)c1cccc2ncccc12)c1cccc2ncccc12)N/N=C\c1cc(Br)c(O)c(Br)c1O. The van der Waals surface area contributed by atoms with Gasteiger partial charge in [0.2, 0.25) is 0 Å². The topological polar surface area (TPSA) is 205 Å². The van der Waals surface area contributed by atoms with Gasteiger partial charge >= 0.3 is 0 Å². The minimum Gasteiger partial charge on any atom is -0.506 e. The van der Waals surface area contributed by atoms with Crippen molar-refractivity contribution >= 4 is 121 Å². The highest BCUT2D eigenvalue weighted by Crippen LogP contribution is 2.41. The first kappa shape index (κ1) is 47.1. The number of fused-ring (bicyclic) bond motifs is 2. The zero-order valence-electron chi connectivity index (χ0n) is 33.5. The van der Waals surface area contributed by atoms with Crippen LogP contribution in [0, 0.1) is 0 Å². The van der Waals surface area contributed by atoms with Gasteiger partial charge in [-0.25, -0.2) is 10.9 Å². The second-order valence-electron chi connectivity index (χ2n) is 14.1. The molecule has 0 aliphatic rings. The van der Waals surface area contributed by atoms with Crippen LogP contribution in [-0.4, -0.2) is 94.0 Å². The van der Waals surface area contributed by atoms with E-state index in [0.717, 1.165) is 58.9 Å². The number of benzene rings is 4. The van der Waals surface area contributed by atoms with Crippen molar-refractivity contribution in [1.29, 1.82) is 0 Å². The van der Waals surface area contributed by atoms with Gasteiger partial charge in [-0.2, -0.15) is 10.2 Å². The number of halogens is 4. The van der Waals surface area contributed by atoms with Crippen LogP contribution < -0.4 is 20.7 Å². The first-order valence-corrected chi connectivity index (χ1v) is 22.8. The summed E-state index contributed by atoms with van der Waals surface area (Å²) in [5.41, 5.74) is 8.97. The Bertz CT molecular complexity index is 2460. The van der Waals surface area contributed by atoms with Crippen LogP contribution in [0.2, 0.25) is 0 Å². The Hall–Kier alpha value is -5.34. The van der Waals surface area contributed by atoms with Crippen LogP contribution in [0.5, 0.6) is 23.0 Å². The molecule has 2 heterocycles. The summed E-state index contributed by atoms with van der Waals surface area (Å²) in [4.78, 5) is 39.3. The lowest BCUT2D eigenvalue weighted by molar-refractivity contribution is -0.120. The number of anilines is 2. The molecule has 19 heteroatoms. The summed E-state index contributed by atoms with van der Waals surface area (Å²) in [5.74, 6) is -1.48. The summed E-state index contributed by atoms with van der Waals surface area (Å²) in [7, 11) is 0. The van der Waals surface area contributed by atoms with Gasteiger partial charge in [-0.1, -0.05) is 12.1 Å². The van der Waals surface area contributed by atoms with E-state index in [4.69, 9.17) is 4.74 Å². The highest BCUT2D eigenvalue weighted by Gasteiger charge is 2.18. The number of unbranched alkanes of at least 4 members (excludes halogenated alkanes) is 2. The van der Waals surface area contributed by atoms with E-state index in [-0.39, 0.29) is 68.0 Å². The van der Waals surface area contributed by atoms with E-state index in [1.54, 1.807) is 12.4 Å². The molecule has 0 atom stereocenters. The molecule has 0 saturated carbocycles. The van der Waals surface area contributed by atoms with Gasteiger partial charge in [0.05, 0.1) is 45.5 Å². The lowest BCUT2D eigenvalue weighted by atomic mass is 10.1. The molecule has 0 spiro atoms. The molecule has 6 aromatic rings. The first-order chi connectivity index (χ1) is 30.4. The molecule has 4 aromatic carbocycles. The molecule has 0 bridgehead atoms. The molecule has 2 aromatic heterocycles. The third-order valence-corrected chi connectivity index (χ3v) is 12.4. The van der Waals surface area contributed by atoms with Gasteiger partial charge in [0.15, 0.2) is 0 Å². The molecule has 6 N–H and O–H groups in total. The van der Waals surface area contributed by atoms with Crippen molar-refractivity contribution < 1.29 is 34.8 Å². The van der Waals surface area contributed by atoms with E-state index >= 15 is 0 Å². The standard InChI is InChI=1S/C44H42Br4N8O7/c45-31-21-27(41(59)39(47)43(31)61)23-51-53-37(57)25-55(35-13-5-11-33-29(35)9-7-15-49-33)17-1-3-19-63-20-4-2-18-56(36-14-6-12-34-30(36)10-8-16-50-34)26-38(58)54-52-24-28-22-32(46)44(62)40(48)42(28)60/h5-16,21-24,59-62H,1-4,17-20,25-26H2,(H,53,57)(H,54,58)/b51-23-,52-24-. The number of hydrogen-bond acceptors (Lipinski definition) is 13. The molecule has 0 unspecified atom stereocenters. The Morgan fingerprint density at radius 2 is 1.03 bits per heavy atom. The predicted octanol–water partition coefficient (Wildman–Crippen LogP) is 8.85. The van der Waals surface area contributed by atoms with Gasteiger partial charge in [0.1, 0.15) is 31.9 Å². The van der Waals surface area contributed by atoms with E-state index in [2.05, 4.69) is 94.7 Å². The normalized spacial score (nSPS) is 11.5. The van der Waals surface area contributed by atoms with Crippen LogP contribution in [0.4, 0.5) is 11.4 Å². The van der Waals surface area contributed by atoms with Crippen molar-refractivity contribution in [3.63, 3.8) is 0 Å².